The molecule has 8 heteroatoms. The van der Waals surface area contributed by atoms with Crippen LogP contribution in [0, 0.1) is 0 Å². The van der Waals surface area contributed by atoms with Crippen LogP contribution in [0.25, 0.3) is 22.0 Å². The number of benzene rings is 3. The van der Waals surface area contributed by atoms with Crippen molar-refractivity contribution in [2.24, 2.45) is 5.10 Å². The van der Waals surface area contributed by atoms with Gasteiger partial charge in [0.1, 0.15) is 5.75 Å². The highest BCUT2D eigenvalue weighted by Gasteiger charge is 2.38. The minimum atomic E-state index is -0.498. The first-order valence-electron chi connectivity index (χ1n) is 12.0. The lowest BCUT2D eigenvalue weighted by Gasteiger charge is -2.22. The fourth-order valence-corrected chi connectivity index (χ4v) is 5.36. The fraction of sp³-hybridized carbons (Fsp3) is 0.100. The highest BCUT2D eigenvalue weighted by Crippen LogP contribution is 2.40. The van der Waals surface area contributed by atoms with E-state index in [1.807, 2.05) is 72.8 Å². The number of methoxy groups -OCH3 is 1. The maximum Gasteiger partial charge on any atom is 0.310 e. The monoisotopic (exact) mass is 567 g/mol. The van der Waals surface area contributed by atoms with Gasteiger partial charge in [-0.05, 0) is 35.9 Å². The van der Waals surface area contributed by atoms with Crippen LogP contribution >= 0.6 is 15.9 Å². The van der Waals surface area contributed by atoms with Gasteiger partial charge in [-0.2, -0.15) is 5.10 Å². The number of carbonyl (C=O) groups excluding carboxylic acids is 1. The van der Waals surface area contributed by atoms with Gasteiger partial charge < -0.3 is 14.1 Å². The van der Waals surface area contributed by atoms with Crippen LogP contribution in [0.1, 0.15) is 34.1 Å². The number of H-pyrrole nitrogens is 1. The number of amides is 1. The van der Waals surface area contributed by atoms with Gasteiger partial charge in [-0.3, -0.25) is 9.59 Å². The number of aromatic nitrogens is 1. The minimum absolute atomic E-state index is 0.162. The second-order valence-electron chi connectivity index (χ2n) is 8.90. The summed E-state index contributed by atoms with van der Waals surface area (Å²) in [6, 6.07) is 25.8. The third-order valence-electron chi connectivity index (χ3n) is 6.68. The fourth-order valence-electron chi connectivity index (χ4n) is 5.00. The molecule has 6 rings (SSSR count). The maximum atomic E-state index is 13.7. The normalized spacial score (nSPS) is 15.1. The predicted molar refractivity (Wildman–Crippen MR) is 149 cm³/mol. The number of halogens is 1. The Labute approximate surface area is 226 Å². The van der Waals surface area contributed by atoms with Crippen LogP contribution in [0.15, 0.2) is 110 Å². The molecule has 0 radical (unpaired) electrons. The molecule has 1 amide bonds. The van der Waals surface area contributed by atoms with E-state index in [-0.39, 0.29) is 11.3 Å². The van der Waals surface area contributed by atoms with Crippen molar-refractivity contribution in [3.63, 3.8) is 0 Å². The van der Waals surface area contributed by atoms with Crippen LogP contribution in [0.4, 0.5) is 0 Å². The predicted octanol–water partition coefficient (Wildman–Crippen LogP) is 6.55. The lowest BCUT2D eigenvalue weighted by Crippen LogP contribution is -2.27. The van der Waals surface area contributed by atoms with E-state index < -0.39 is 11.9 Å². The molecule has 1 aliphatic heterocycles. The molecule has 188 valence electrons. The van der Waals surface area contributed by atoms with Gasteiger partial charge in [0.25, 0.3) is 5.56 Å². The van der Waals surface area contributed by atoms with Gasteiger partial charge in [-0.15, -0.1) is 0 Å². The van der Waals surface area contributed by atoms with E-state index >= 15 is 0 Å². The Morgan fingerprint density at radius 1 is 1.03 bits per heavy atom. The van der Waals surface area contributed by atoms with Gasteiger partial charge in [0.2, 0.25) is 0 Å². The number of carbonyl (C=O) groups is 1. The van der Waals surface area contributed by atoms with Crippen molar-refractivity contribution in [3.8, 4) is 16.9 Å². The van der Waals surface area contributed by atoms with Crippen molar-refractivity contribution >= 4 is 38.5 Å². The number of aromatic amines is 1. The average Bonchev–Trinajstić information content (AvgIpc) is 3.63. The molecule has 0 spiro atoms. The van der Waals surface area contributed by atoms with Crippen LogP contribution in [-0.2, 0) is 0 Å². The summed E-state index contributed by atoms with van der Waals surface area (Å²) in [7, 11) is 1.59. The molecule has 0 bridgehead atoms. The third-order valence-corrected chi connectivity index (χ3v) is 7.17. The number of rotatable bonds is 5. The highest BCUT2D eigenvalue weighted by molar-refractivity contribution is 9.10. The number of hydrogen-bond donors (Lipinski definition) is 1. The first kappa shape index (κ1) is 23.9. The smallest absolute Gasteiger partial charge is 0.310 e. The zero-order valence-corrected chi connectivity index (χ0v) is 21.9. The van der Waals surface area contributed by atoms with Crippen LogP contribution in [0.5, 0.6) is 5.75 Å². The van der Waals surface area contributed by atoms with Crippen molar-refractivity contribution in [1.82, 2.24) is 9.99 Å². The summed E-state index contributed by atoms with van der Waals surface area (Å²) in [5.41, 5.74) is 3.80. The molecule has 3 aromatic carbocycles. The van der Waals surface area contributed by atoms with E-state index in [1.54, 1.807) is 19.2 Å². The minimum Gasteiger partial charge on any atom is -0.496 e. The van der Waals surface area contributed by atoms with Crippen LogP contribution < -0.4 is 10.3 Å². The number of para-hydroxylation sites is 1. The van der Waals surface area contributed by atoms with Gasteiger partial charge in [0.15, 0.2) is 5.76 Å². The topological polar surface area (TPSA) is 87.9 Å². The summed E-state index contributed by atoms with van der Waals surface area (Å²) < 4.78 is 11.9. The summed E-state index contributed by atoms with van der Waals surface area (Å²) in [6.45, 7) is 0. The molecule has 0 fully saturated rings. The molecular formula is C30H22BrN3O4. The van der Waals surface area contributed by atoms with Crippen molar-refractivity contribution in [2.75, 3.05) is 7.11 Å². The number of furan rings is 1. The van der Waals surface area contributed by atoms with Crippen molar-refractivity contribution in [3.05, 3.63) is 123 Å². The van der Waals surface area contributed by atoms with Gasteiger partial charge in [-0.25, -0.2) is 5.01 Å². The summed E-state index contributed by atoms with van der Waals surface area (Å²) in [5, 5.41) is 7.05. The molecule has 2 aromatic heterocycles. The lowest BCUT2D eigenvalue weighted by atomic mass is 9.91. The van der Waals surface area contributed by atoms with Crippen LogP contribution in [0.3, 0.4) is 0 Å². The molecule has 0 aliphatic carbocycles. The first-order chi connectivity index (χ1) is 18.5. The molecule has 0 saturated carbocycles. The van der Waals surface area contributed by atoms with E-state index in [9.17, 15) is 9.59 Å². The second-order valence-corrected chi connectivity index (χ2v) is 9.81. The number of fused-ring (bicyclic) bond motifs is 1. The number of pyridine rings is 1. The number of hydrazone groups is 1. The Balaban J connectivity index is 1.58. The molecule has 7 nitrogen and oxygen atoms in total. The molecule has 0 saturated heterocycles. The van der Waals surface area contributed by atoms with Crippen molar-refractivity contribution in [2.45, 2.75) is 12.5 Å². The molecule has 1 N–H and O–H groups in total. The first-order valence-corrected chi connectivity index (χ1v) is 12.8. The summed E-state index contributed by atoms with van der Waals surface area (Å²) >= 11 is 3.50. The standard InChI is InChI=1S/C30H22BrN3O4/c1-37-25-11-6-5-10-21(25)24-17-23(33-34(24)30(36)26-12-7-15-38-26)28-27(18-8-3-2-4-9-18)20-14-13-19(31)16-22(20)32-29(28)35/h2-16,24H,17H2,1H3,(H,32,35). The van der Waals surface area contributed by atoms with Crippen LogP contribution in [0.2, 0.25) is 0 Å². The molecule has 5 aromatic rings. The Morgan fingerprint density at radius 3 is 2.58 bits per heavy atom. The maximum absolute atomic E-state index is 13.7. The summed E-state index contributed by atoms with van der Waals surface area (Å²) in [4.78, 5) is 30.3. The quantitative estimate of drug-likeness (QED) is 0.261. The zero-order valence-electron chi connectivity index (χ0n) is 20.4. The molecule has 38 heavy (non-hydrogen) atoms. The Morgan fingerprint density at radius 2 is 1.82 bits per heavy atom. The van der Waals surface area contributed by atoms with Gasteiger partial charge in [0, 0.05) is 27.4 Å². The van der Waals surface area contributed by atoms with E-state index in [4.69, 9.17) is 14.3 Å². The van der Waals surface area contributed by atoms with Crippen molar-refractivity contribution in [1.29, 1.82) is 0 Å². The SMILES string of the molecule is COc1ccccc1C1CC(c2c(-c3ccccc3)c3ccc(Br)cc3[nH]c2=O)=NN1C(=O)c1ccco1. The third kappa shape index (κ3) is 4.13. The molecular weight excluding hydrogens is 546 g/mol. The van der Waals surface area contributed by atoms with Gasteiger partial charge >= 0.3 is 5.91 Å². The highest BCUT2D eigenvalue weighted by atomic mass is 79.9. The Kier molecular flexibility index (Phi) is 6.17. The number of nitrogens with one attached hydrogen (secondary N) is 1. The molecule has 1 aliphatic rings. The van der Waals surface area contributed by atoms with E-state index in [1.165, 1.54) is 11.3 Å². The second kappa shape index (κ2) is 9.79. The average molecular weight is 568 g/mol. The summed E-state index contributed by atoms with van der Waals surface area (Å²) in [5.74, 6) is 0.394. The lowest BCUT2D eigenvalue weighted by molar-refractivity contribution is 0.0677. The van der Waals surface area contributed by atoms with E-state index in [2.05, 4.69) is 20.9 Å². The van der Waals surface area contributed by atoms with Gasteiger partial charge in [-0.1, -0.05) is 70.5 Å². The Bertz CT molecular complexity index is 1740. The molecule has 1 atom stereocenters. The molecule has 1 unspecified atom stereocenters. The van der Waals surface area contributed by atoms with Gasteiger partial charge in [0.05, 0.1) is 36.2 Å². The largest absolute Gasteiger partial charge is 0.496 e. The summed E-state index contributed by atoms with van der Waals surface area (Å²) in [6.07, 6.45) is 1.77. The van der Waals surface area contributed by atoms with Crippen molar-refractivity contribution < 1.29 is 13.9 Å². The number of hydrogen-bond acceptors (Lipinski definition) is 5. The Hall–Kier alpha value is -4.43. The molecule has 3 heterocycles. The number of ether oxygens (including phenoxy) is 1. The zero-order chi connectivity index (χ0) is 26.2. The number of nitrogens with zero attached hydrogens (tertiary/aromatic N) is 2. The van der Waals surface area contributed by atoms with E-state index in [0.29, 0.717) is 29.0 Å². The van der Waals surface area contributed by atoms with Crippen LogP contribution in [-0.4, -0.2) is 28.7 Å². The van der Waals surface area contributed by atoms with E-state index in [0.717, 1.165) is 26.5 Å².